The molecule has 1 heterocycles. The van der Waals surface area contributed by atoms with Gasteiger partial charge in [-0.05, 0) is 32.0 Å². The van der Waals surface area contributed by atoms with E-state index < -0.39 is 11.8 Å². The maximum atomic E-state index is 12.3. The molecule has 0 aliphatic heterocycles. The zero-order valence-corrected chi connectivity index (χ0v) is 14.3. The zero-order valence-electron chi connectivity index (χ0n) is 14.3. The summed E-state index contributed by atoms with van der Waals surface area (Å²) in [6, 6.07) is 6.79. The summed E-state index contributed by atoms with van der Waals surface area (Å²) >= 11 is 0. The normalized spacial score (nSPS) is 10.2. The number of hydrazine groups is 1. The Hall–Kier alpha value is -3.09. The minimum absolute atomic E-state index is 0.00621. The number of furan rings is 1. The average Bonchev–Trinajstić information content (AvgIpc) is 3.03. The average molecular weight is 344 g/mol. The monoisotopic (exact) mass is 344 g/mol. The van der Waals surface area contributed by atoms with Crippen LogP contribution in [0, 0.1) is 13.8 Å². The number of carbonyl (C=O) groups is 3. The van der Waals surface area contributed by atoms with Crippen LogP contribution in [0.2, 0.25) is 0 Å². The van der Waals surface area contributed by atoms with Gasteiger partial charge in [-0.3, -0.25) is 25.2 Å². The summed E-state index contributed by atoms with van der Waals surface area (Å²) in [7, 11) is 1.49. The summed E-state index contributed by atoms with van der Waals surface area (Å²) in [5, 5.41) is 0. The Morgan fingerprint density at radius 1 is 1.04 bits per heavy atom. The van der Waals surface area contributed by atoms with Gasteiger partial charge in [0.25, 0.3) is 5.91 Å². The summed E-state index contributed by atoms with van der Waals surface area (Å²) in [6.45, 7) is 3.51. The van der Waals surface area contributed by atoms with Crippen LogP contribution in [0.5, 0.6) is 5.75 Å². The molecule has 1 aromatic carbocycles. The number of amides is 2. The quantitative estimate of drug-likeness (QED) is 0.619. The second-order valence-corrected chi connectivity index (χ2v) is 5.52. The SMILES string of the molecule is COc1ccc(C)cc1C(=O)CCC(=O)NNC(=O)c1ccoc1C. The molecule has 0 spiro atoms. The highest BCUT2D eigenvalue weighted by Crippen LogP contribution is 2.21. The molecule has 0 aliphatic rings. The molecule has 0 bridgehead atoms. The van der Waals surface area contributed by atoms with Crippen molar-refractivity contribution in [3.8, 4) is 5.75 Å². The van der Waals surface area contributed by atoms with E-state index in [4.69, 9.17) is 9.15 Å². The zero-order chi connectivity index (χ0) is 18.4. The molecule has 2 amide bonds. The predicted octanol–water partition coefficient (Wildman–Crippen LogP) is 2.33. The van der Waals surface area contributed by atoms with E-state index in [1.807, 2.05) is 13.0 Å². The highest BCUT2D eigenvalue weighted by molar-refractivity contribution is 6.01. The van der Waals surface area contributed by atoms with Crippen LogP contribution in [0.25, 0.3) is 0 Å². The highest BCUT2D eigenvalue weighted by atomic mass is 16.5. The van der Waals surface area contributed by atoms with Gasteiger partial charge in [0, 0.05) is 12.8 Å². The van der Waals surface area contributed by atoms with Gasteiger partial charge in [0.1, 0.15) is 11.5 Å². The Balaban J connectivity index is 1.86. The first-order valence-corrected chi connectivity index (χ1v) is 7.73. The standard InChI is InChI=1S/C18H20N2O5/c1-11-4-6-16(24-3)14(10-11)15(21)5-7-17(22)19-20-18(23)13-8-9-25-12(13)2/h4,6,8-10H,5,7H2,1-3H3,(H,19,22)(H,20,23). The third kappa shape index (κ3) is 4.69. The summed E-state index contributed by atoms with van der Waals surface area (Å²) in [5.74, 6) is -0.221. The van der Waals surface area contributed by atoms with Crippen LogP contribution in [0.1, 0.15) is 44.9 Å². The lowest BCUT2D eigenvalue weighted by molar-refractivity contribution is -0.121. The number of methoxy groups -OCH3 is 1. The molecule has 2 N–H and O–H groups in total. The summed E-state index contributed by atoms with van der Waals surface area (Å²) in [6.07, 6.45) is 1.34. The van der Waals surface area contributed by atoms with Gasteiger partial charge in [0.2, 0.25) is 5.91 Å². The first kappa shape index (κ1) is 18.3. The van der Waals surface area contributed by atoms with Crippen molar-refractivity contribution in [1.29, 1.82) is 0 Å². The Kier molecular flexibility index (Phi) is 5.94. The summed E-state index contributed by atoms with van der Waals surface area (Å²) in [4.78, 5) is 36.0. The molecule has 25 heavy (non-hydrogen) atoms. The van der Waals surface area contributed by atoms with Crippen LogP contribution in [0.15, 0.2) is 34.9 Å². The number of hydrogen-bond donors (Lipinski definition) is 2. The molecule has 0 unspecified atom stereocenters. The van der Waals surface area contributed by atoms with Gasteiger partial charge in [-0.1, -0.05) is 11.6 Å². The van der Waals surface area contributed by atoms with E-state index in [9.17, 15) is 14.4 Å². The number of ether oxygens (including phenoxy) is 1. The van der Waals surface area contributed by atoms with Gasteiger partial charge in [-0.25, -0.2) is 0 Å². The molecular weight excluding hydrogens is 324 g/mol. The largest absolute Gasteiger partial charge is 0.496 e. The van der Waals surface area contributed by atoms with Crippen LogP contribution in [0.4, 0.5) is 0 Å². The van der Waals surface area contributed by atoms with E-state index in [0.29, 0.717) is 22.6 Å². The van der Waals surface area contributed by atoms with Gasteiger partial charge >= 0.3 is 0 Å². The second kappa shape index (κ2) is 8.14. The minimum Gasteiger partial charge on any atom is -0.496 e. The number of hydrogen-bond acceptors (Lipinski definition) is 5. The molecule has 2 aromatic rings. The van der Waals surface area contributed by atoms with Gasteiger partial charge in [0.15, 0.2) is 5.78 Å². The number of nitrogens with one attached hydrogen (secondary N) is 2. The van der Waals surface area contributed by atoms with Gasteiger partial charge < -0.3 is 9.15 Å². The molecular formula is C18H20N2O5. The number of rotatable bonds is 6. The van der Waals surface area contributed by atoms with Crippen LogP contribution in [-0.4, -0.2) is 24.7 Å². The van der Waals surface area contributed by atoms with E-state index in [1.165, 1.54) is 19.4 Å². The smallest absolute Gasteiger partial charge is 0.273 e. The maximum absolute atomic E-state index is 12.3. The number of carbonyl (C=O) groups excluding carboxylic acids is 3. The topological polar surface area (TPSA) is 97.6 Å². The fourth-order valence-corrected chi connectivity index (χ4v) is 2.28. The van der Waals surface area contributed by atoms with E-state index in [0.717, 1.165) is 5.56 Å². The molecule has 0 atom stereocenters. The van der Waals surface area contributed by atoms with Gasteiger partial charge in [0.05, 0.1) is 24.5 Å². The second-order valence-electron chi connectivity index (χ2n) is 5.52. The van der Waals surface area contributed by atoms with Gasteiger partial charge in [-0.15, -0.1) is 0 Å². The van der Waals surface area contributed by atoms with Crippen molar-refractivity contribution in [3.63, 3.8) is 0 Å². The fourth-order valence-electron chi connectivity index (χ4n) is 2.28. The molecule has 7 heteroatoms. The first-order valence-electron chi connectivity index (χ1n) is 7.73. The molecule has 132 valence electrons. The van der Waals surface area contributed by atoms with E-state index in [-0.39, 0.29) is 18.6 Å². The molecule has 0 saturated carbocycles. The van der Waals surface area contributed by atoms with Crippen molar-refractivity contribution >= 4 is 17.6 Å². The fraction of sp³-hybridized carbons (Fsp3) is 0.278. The molecule has 2 rings (SSSR count). The Labute approximate surface area is 145 Å². The lowest BCUT2D eigenvalue weighted by atomic mass is 10.0. The number of benzene rings is 1. The van der Waals surface area contributed by atoms with E-state index in [1.54, 1.807) is 19.1 Å². The van der Waals surface area contributed by atoms with Crippen LogP contribution in [0.3, 0.4) is 0 Å². The molecule has 0 aliphatic carbocycles. The van der Waals surface area contributed by atoms with Crippen molar-refractivity contribution in [2.45, 2.75) is 26.7 Å². The lowest BCUT2D eigenvalue weighted by Gasteiger charge is -2.09. The Morgan fingerprint density at radius 2 is 1.80 bits per heavy atom. The van der Waals surface area contributed by atoms with Crippen molar-refractivity contribution < 1.29 is 23.5 Å². The summed E-state index contributed by atoms with van der Waals surface area (Å²) < 4.78 is 10.2. The molecule has 7 nitrogen and oxygen atoms in total. The molecule has 0 saturated heterocycles. The van der Waals surface area contributed by atoms with E-state index >= 15 is 0 Å². The third-order valence-electron chi connectivity index (χ3n) is 3.65. The molecule has 0 fully saturated rings. The predicted molar refractivity (Wildman–Crippen MR) is 90.3 cm³/mol. The Morgan fingerprint density at radius 3 is 2.44 bits per heavy atom. The highest BCUT2D eigenvalue weighted by Gasteiger charge is 2.15. The molecule has 1 aromatic heterocycles. The number of aryl methyl sites for hydroxylation is 2. The van der Waals surface area contributed by atoms with Crippen molar-refractivity contribution in [2.75, 3.05) is 7.11 Å². The number of ketones is 1. The third-order valence-corrected chi connectivity index (χ3v) is 3.65. The lowest BCUT2D eigenvalue weighted by Crippen LogP contribution is -2.41. The minimum atomic E-state index is -0.480. The van der Waals surface area contributed by atoms with Gasteiger partial charge in [-0.2, -0.15) is 0 Å². The number of Topliss-reactive ketones (excluding diaryl/α,β-unsaturated/α-hetero) is 1. The van der Waals surface area contributed by atoms with Crippen LogP contribution in [-0.2, 0) is 4.79 Å². The van der Waals surface area contributed by atoms with Crippen molar-refractivity contribution in [1.82, 2.24) is 10.9 Å². The van der Waals surface area contributed by atoms with Crippen molar-refractivity contribution in [3.05, 3.63) is 53.0 Å². The van der Waals surface area contributed by atoms with E-state index in [2.05, 4.69) is 10.9 Å². The van der Waals surface area contributed by atoms with Crippen LogP contribution < -0.4 is 15.6 Å². The molecule has 0 radical (unpaired) electrons. The van der Waals surface area contributed by atoms with Crippen LogP contribution >= 0.6 is 0 Å². The Bertz CT molecular complexity index is 795. The van der Waals surface area contributed by atoms with Crippen molar-refractivity contribution in [2.24, 2.45) is 0 Å². The maximum Gasteiger partial charge on any atom is 0.273 e. The summed E-state index contributed by atoms with van der Waals surface area (Å²) in [5.41, 5.74) is 6.27. The first-order chi connectivity index (χ1) is 11.9.